The number of nitrogens with one attached hydrogen (secondary N) is 1. The molecule has 0 atom stereocenters. The van der Waals surface area contributed by atoms with Crippen molar-refractivity contribution in [2.45, 2.75) is 6.92 Å². The van der Waals surface area contributed by atoms with Gasteiger partial charge in [-0.3, -0.25) is 4.79 Å². The van der Waals surface area contributed by atoms with Gasteiger partial charge in [0, 0.05) is 5.69 Å². The second-order valence-corrected chi connectivity index (χ2v) is 4.27. The first-order valence-electron chi connectivity index (χ1n) is 5.89. The van der Waals surface area contributed by atoms with Gasteiger partial charge in [-0.15, -0.1) is 0 Å². The first-order valence-corrected chi connectivity index (χ1v) is 5.89. The minimum atomic E-state index is -1.18. The Morgan fingerprint density at radius 1 is 1.15 bits per heavy atom. The molecule has 0 saturated carbocycles. The number of anilines is 1. The molecule has 0 radical (unpaired) electrons. The third-order valence-electron chi connectivity index (χ3n) is 2.81. The molecule has 5 heteroatoms. The zero-order valence-corrected chi connectivity index (χ0v) is 10.7. The highest BCUT2D eigenvalue weighted by Gasteiger charge is 2.18. The molecule has 0 aromatic heterocycles. The molecule has 0 aliphatic heterocycles. The quantitative estimate of drug-likeness (QED) is 0.903. The Morgan fingerprint density at radius 3 is 2.50 bits per heavy atom. The molecule has 0 fully saturated rings. The van der Waals surface area contributed by atoms with Crippen molar-refractivity contribution in [3.05, 3.63) is 65.0 Å². The molecule has 0 aliphatic rings. The van der Waals surface area contributed by atoms with Gasteiger partial charge in [0.05, 0.1) is 11.1 Å². The van der Waals surface area contributed by atoms with Crippen LogP contribution in [0.3, 0.4) is 0 Å². The van der Waals surface area contributed by atoms with Gasteiger partial charge >= 0.3 is 5.97 Å². The van der Waals surface area contributed by atoms with Crippen LogP contribution in [0, 0.1) is 12.7 Å². The molecule has 0 aliphatic carbocycles. The molecule has 1 amide bonds. The number of aromatic carboxylic acids is 1. The number of carboxylic acid groups (broad SMARTS) is 1. The predicted octanol–water partition coefficient (Wildman–Crippen LogP) is 3.08. The number of hydrogen-bond donors (Lipinski definition) is 2. The van der Waals surface area contributed by atoms with E-state index in [0.717, 1.165) is 6.07 Å². The van der Waals surface area contributed by atoms with Crippen LogP contribution in [0.5, 0.6) is 0 Å². The number of carbonyl (C=O) groups excluding carboxylic acids is 1. The van der Waals surface area contributed by atoms with E-state index in [1.54, 1.807) is 19.1 Å². The Bertz CT molecular complexity index is 683. The minimum absolute atomic E-state index is 0.0734. The summed E-state index contributed by atoms with van der Waals surface area (Å²) in [5, 5.41) is 11.6. The van der Waals surface area contributed by atoms with Gasteiger partial charge in [0.25, 0.3) is 5.91 Å². The minimum Gasteiger partial charge on any atom is -0.478 e. The summed E-state index contributed by atoms with van der Waals surface area (Å²) in [4.78, 5) is 23.3. The number of amides is 1. The maximum absolute atomic E-state index is 13.1. The Kier molecular flexibility index (Phi) is 3.79. The zero-order valence-electron chi connectivity index (χ0n) is 10.7. The predicted molar refractivity (Wildman–Crippen MR) is 72.5 cm³/mol. The van der Waals surface area contributed by atoms with Crippen molar-refractivity contribution in [3.63, 3.8) is 0 Å². The smallest absolute Gasteiger partial charge is 0.336 e. The van der Waals surface area contributed by atoms with Gasteiger partial charge in [-0.1, -0.05) is 18.2 Å². The number of rotatable bonds is 3. The van der Waals surface area contributed by atoms with Crippen LogP contribution >= 0.6 is 0 Å². The maximum Gasteiger partial charge on any atom is 0.336 e. The van der Waals surface area contributed by atoms with Gasteiger partial charge in [-0.2, -0.15) is 0 Å². The van der Waals surface area contributed by atoms with Crippen LogP contribution in [0.15, 0.2) is 42.5 Å². The molecule has 2 aromatic rings. The lowest BCUT2D eigenvalue weighted by molar-refractivity contribution is 0.0692. The SMILES string of the molecule is Cc1cccc(C(=O)O)c1C(=O)Nc1cccc(F)c1. The molecule has 20 heavy (non-hydrogen) atoms. The van der Waals surface area contributed by atoms with Gasteiger partial charge in [-0.05, 0) is 36.8 Å². The fourth-order valence-corrected chi connectivity index (χ4v) is 1.91. The monoisotopic (exact) mass is 273 g/mol. The topological polar surface area (TPSA) is 66.4 Å². The van der Waals surface area contributed by atoms with Crippen molar-refractivity contribution in [3.8, 4) is 0 Å². The largest absolute Gasteiger partial charge is 0.478 e. The van der Waals surface area contributed by atoms with Gasteiger partial charge in [0.15, 0.2) is 0 Å². The van der Waals surface area contributed by atoms with Crippen molar-refractivity contribution >= 4 is 17.6 Å². The lowest BCUT2D eigenvalue weighted by Gasteiger charge is -2.10. The molecule has 0 spiro atoms. The lowest BCUT2D eigenvalue weighted by Crippen LogP contribution is -2.18. The fourth-order valence-electron chi connectivity index (χ4n) is 1.91. The third kappa shape index (κ3) is 2.83. The Hall–Kier alpha value is -2.69. The summed E-state index contributed by atoms with van der Waals surface area (Å²) >= 11 is 0. The first kappa shape index (κ1) is 13.7. The van der Waals surface area contributed by atoms with Crippen LogP contribution in [0.1, 0.15) is 26.3 Å². The van der Waals surface area contributed by atoms with Crippen molar-refractivity contribution in [1.29, 1.82) is 0 Å². The van der Waals surface area contributed by atoms with E-state index in [9.17, 15) is 14.0 Å². The Labute approximate surface area is 114 Å². The average molecular weight is 273 g/mol. The second kappa shape index (κ2) is 5.52. The molecule has 2 rings (SSSR count). The number of aryl methyl sites for hydroxylation is 1. The van der Waals surface area contributed by atoms with E-state index in [1.165, 1.54) is 24.3 Å². The van der Waals surface area contributed by atoms with Gasteiger partial charge < -0.3 is 10.4 Å². The van der Waals surface area contributed by atoms with Gasteiger partial charge in [0.2, 0.25) is 0 Å². The highest BCUT2D eigenvalue weighted by Crippen LogP contribution is 2.17. The van der Waals surface area contributed by atoms with Crippen LogP contribution in [0.4, 0.5) is 10.1 Å². The van der Waals surface area contributed by atoms with E-state index < -0.39 is 17.7 Å². The molecule has 2 N–H and O–H groups in total. The summed E-state index contributed by atoms with van der Waals surface area (Å²) in [7, 11) is 0. The summed E-state index contributed by atoms with van der Waals surface area (Å²) < 4.78 is 13.1. The zero-order chi connectivity index (χ0) is 14.7. The van der Waals surface area contributed by atoms with E-state index >= 15 is 0 Å². The van der Waals surface area contributed by atoms with Gasteiger partial charge in [-0.25, -0.2) is 9.18 Å². The molecule has 0 bridgehead atoms. The summed E-state index contributed by atoms with van der Waals surface area (Å²) in [6, 6.07) is 9.98. The van der Waals surface area contributed by atoms with Crippen molar-refractivity contribution in [2.75, 3.05) is 5.32 Å². The molecule has 2 aromatic carbocycles. The molecule has 0 saturated heterocycles. The first-order chi connectivity index (χ1) is 9.49. The fraction of sp³-hybridized carbons (Fsp3) is 0.0667. The van der Waals surface area contributed by atoms with Crippen molar-refractivity contribution < 1.29 is 19.1 Å². The van der Waals surface area contributed by atoms with E-state index in [0.29, 0.717) is 5.56 Å². The third-order valence-corrected chi connectivity index (χ3v) is 2.81. The number of carboxylic acids is 1. The number of halogens is 1. The molecular formula is C15H12FNO3. The number of hydrogen-bond acceptors (Lipinski definition) is 2. The number of carbonyl (C=O) groups is 2. The van der Waals surface area contributed by atoms with E-state index in [2.05, 4.69) is 5.32 Å². The molecule has 0 heterocycles. The summed E-state index contributed by atoms with van der Waals surface area (Å²) in [6.07, 6.45) is 0. The van der Waals surface area contributed by atoms with Crippen LogP contribution in [0.2, 0.25) is 0 Å². The molecule has 4 nitrogen and oxygen atoms in total. The highest BCUT2D eigenvalue weighted by atomic mass is 19.1. The van der Waals surface area contributed by atoms with Crippen LogP contribution < -0.4 is 5.32 Å². The second-order valence-electron chi connectivity index (χ2n) is 4.27. The van der Waals surface area contributed by atoms with Crippen molar-refractivity contribution in [1.82, 2.24) is 0 Å². The van der Waals surface area contributed by atoms with Gasteiger partial charge in [0.1, 0.15) is 5.82 Å². The summed E-state index contributed by atoms with van der Waals surface area (Å²) in [6.45, 7) is 1.65. The average Bonchev–Trinajstić information content (AvgIpc) is 2.38. The Morgan fingerprint density at radius 2 is 1.85 bits per heavy atom. The van der Waals surface area contributed by atoms with Crippen molar-refractivity contribution in [2.24, 2.45) is 0 Å². The number of benzene rings is 2. The lowest BCUT2D eigenvalue weighted by atomic mass is 10.0. The van der Waals surface area contributed by atoms with E-state index in [1.807, 2.05) is 0 Å². The summed E-state index contributed by atoms with van der Waals surface area (Å²) in [5.41, 5.74) is 0.802. The summed E-state index contributed by atoms with van der Waals surface area (Å²) in [5.74, 6) is -2.24. The Balaban J connectivity index is 2.37. The van der Waals surface area contributed by atoms with Crippen LogP contribution in [0.25, 0.3) is 0 Å². The molecule has 0 unspecified atom stereocenters. The van der Waals surface area contributed by atoms with E-state index in [-0.39, 0.29) is 16.8 Å². The highest BCUT2D eigenvalue weighted by molar-refractivity contribution is 6.11. The standard InChI is InChI=1S/C15H12FNO3/c1-9-4-2-7-12(15(19)20)13(9)14(18)17-11-6-3-5-10(16)8-11/h2-8H,1H3,(H,17,18)(H,19,20). The molecular weight excluding hydrogens is 261 g/mol. The normalized spacial score (nSPS) is 10.1. The van der Waals surface area contributed by atoms with E-state index in [4.69, 9.17) is 5.11 Å². The van der Waals surface area contributed by atoms with Crippen LogP contribution in [-0.4, -0.2) is 17.0 Å². The maximum atomic E-state index is 13.1. The molecule has 102 valence electrons. The van der Waals surface area contributed by atoms with Crippen LogP contribution in [-0.2, 0) is 0 Å².